The third-order valence-electron chi connectivity index (χ3n) is 2.51. The van der Waals surface area contributed by atoms with Crippen LogP contribution >= 0.6 is 11.6 Å². The fraction of sp³-hybridized carbons (Fsp3) is 0.467. The van der Waals surface area contributed by atoms with Gasteiger partial charge in [-0.3, -0.25) is 0 Å². The lowest BCUT2D eigenvalue weighted by atomic mass is 9.94. The van der Waals surface area contributed by atoms with Gasteiger partial charge in [-0.2, -0.15) is 0 Å². The first-order valence-electron chi connectivity index (χ1n) is 6.35. The van der Waals surface area contributed by atoms with Crippen molar-refractivity contribution >= 4 is 24.0 Å². The highest BCUT2D eigenvalue weighted by atomic mass is 35.5. The molecule has 0 aromatic heterocycles. The van der Waals surface area contributed by atoms with Crippen molar-refractivity contribution in [1.29, 1.82) is 0 Å². The van der Waals surface area contributed by atoms with Crippen molar-refractivity contribution in [2.45, 2.75) is 45.3 Å². The van der Waals surface area contributed by atoms with Gasteiger partial charge in [-0.25, -0.2) is 4.79 Å². The topological polar surface area (TPSA) is 55.4 Å². The van der Waals surface area contributed by atoms with Crippen molar-refractivity contribution < 1.29 is 14.3 Å². The number of amides is 1. The van der Waals surface area contributed by atoms with Crippen molar-refractivity contribution in [1.82, 2.24) is 5.32 Å². The van der Waals surface area contributed by atoms with Crippen LogP contribution in [0.15, 0.2) is 24.3 Å². The molecule has 1 unspecified atom stereocenters. The lowest BCUT2D eigenvalue weighted by Crippen LogP contribution is -2.50. The van der Waals surface area contributed by atoms with Crippen molar-refractivity contribution in [2.24, 2.45) is 0 Å². The molecule has 1 aromatic carbocycles. The number of aldehydes is 1. The number of hydrogen-bond donors (Lipinski definition) is 1. The van der Waals surface area contributed by atoms with Gasteiger partial charge in [0.15, 0.2) is 0 Å². The molecule has 0 heterocycles. The Labute approximate surface area is 124 Å². The van der Waals surface area contributed by atoms with Crippen LogP contribution in [0.3, 0.4) is 0 Å². The van der Waals surface area contributed by atoms with Crippen molar-refractivity contribution in [3.8, 4) is 0 Å². The third-order valence-corrected chi connectivity index (χ3v) is 2.74. The minimum atomic E-state index is -1.03. The number of nitrogens with one attached hydrogen (secondary N) is 1. The van der Waals surface area contributed by atoms with E-state index < -0.39 is 17.2 Å². The Morgan fingerprint density at radius 2 is 2.00 bits per heavy atom. The van der Waals surface area contributed by atoms with Gasteiger partial charge >= 0.3 is 6.09 Å². The maximum Gasteiger partial charge on any atom is 0.408 e. The Hall–Kier alpha value is -1.55. The van der Waals surface area contributed by atoms with E-state index in [1.54, 1.807) is 45.9 Å². The predicted molar refractivity (Wildman–Crippen MR) is 79.0 cm³/mol. The van der Waals surface area contributed by atoms with E-state index in [-0.39, 0.29) is 0 Å². The molecular formula is C15H20ClNO3. The average Bonchev–Trinajstić information content (AvgIpc) is 2.25. The number of hydrogen-bond acceptors (Lipinski definition) is 3. The second-order valence-electron chi connectivity index (χ2n) is 5.97. The van der Waals surface area contributed by atoms with Crippen molar-refractivity contribution in [2.75, 3.05) is 0 Å². The summed E-state index contributed by atoms with van der Waals surface area (Å²) in [6.07, 6.45) is 0.433. The van der Waals surface area contributed by atoms with Gasteiger partial charge in [-0.1, -0.05) is 23.7 Å². The molecule has 0 bridgehead atoms. The summed E-state index contributed by atoms with van der Waals surface area (Å²) in [5.41, 5.74) is -0.778. The number of benzene rings is 1. The molecule has 0 saturated heterocycles. The first-order chi connectivity index (χ1) is 9.13. The summed E-state index contributed by atoms with van der Waals surface area (Å²) < 4.78 is 5.16. The van der Waals surface area contributed by atoms with Crippen LogP contribution in [0.5, 0.6) is 0 Å². The summed E-state index contributed by atoms with van der Waals surface area (Å²) >= 11 is 5.91. The number of rotatable bonds is 4. The highest BCUT2D eigenvalue weighted by Crippen LogP contribution is 2.17. The van der Waals surface area contributed by atoms with Crippen LogP contribution in [0.25, 0.3) is 0 Å². The molecular weight excluding hydrogens is 278 g/mol. The molecule has 0 aliphatic rings. The number of carbonyl (C=O) groups excluding carboxylic acids is 2. The summed E-state index contributed by atoms with van der Waals surface area (Å²) in [4.78, 5) is 23.1. The number of alkyl carbamates (subject to hydrolysis) is 1. The largest absolute Gasteiger partial charge is 0.444 e. The number of halogens is 1. The van der Waals surface area contributed by atoms with Crippen molar-refractivity contribution in [3.63, 3.8) is 0 Å². The van der Waals surface area contributed by atoms with E-state index in [1.807, 2.05) is 6.07 Å². The molecule has 5 heteroatoms. The molecule has 20 heavy (non-hydrogen) atoms. The van der Waals surface area contributed by atoms with Gasteiger partial charge in [0.2, 0.25) is 0 Å². The van der Waals surface area contributed by atoms with Gasteiger partial charge in [0.25, 0.3) is 0 Å². The first-order valence-corrected chi connectivity index (χ1v) is 6.73. The fourth-order valence-electron chi connectivity index (χ4n) is 1.72. The van der Waals surface area contributed by atoms with Crippen LogP contribution in [0, 0.1) is 0 Å². The first kappa shape index (κ1) is 16.5. The van der Waals surface area contributed by atoms with E-state index in [9.17, 15) is 9.59 Å². The van der Waals surface area contributed by atoms with Crippen LogP contribution in [0.2, 0.25) is 5.02 Å². The maximum absolute atomic E-state index is 11.8. The highest BCUT2D eigenvalue weighted by Gasteiger charge is 2.29. The summed E-state index contributed by atoms with van der Waals surface area (Å²) in [5.74, 6) is 0. The predicted octanol–water partition coefficient (Wildman–Crippen LogP) is 3.36. The molecule has 0 saturated carbocycles. The van der Waals surface area contributed by atoms with E-state index in [2.05, 4.69) is 5.32 Å². The summed E-state index contributed by atoms with van der Waals surface area (Å²) in [5, 5.41) is 3.19. The molecule has 1 rings (SSSR count). The van der Waals surface area contributed by atoms with Crippen LogP contribution in [-0.4, -0.2) is 23.5 Å². The average molecular weight is 298 g/mol. The Balaban J connectivity index is 2.77. The summed E-state index contributed by atoms with van der Waals surface area (Å²) in [6, 6.07) is 7.17. The monoisotopic (exact) mass is 297 g/mol. The van der Waals surface area contributed by atoms with Crippen LogP contribution in [0.1, 0.15) is 33.3 Å². The Morgan fingerprint density at radius 1 is 1.35 bits per heavy atom. The second kappa shape index (κ2) is 6.27. The Morgan fingerprint density at radius 3 is 2.50 bits per heavy atom. The van der Waals surface area contributed by atoms with E-state index >= 15 is 0 Å². The molecule has 0 spiro atoms. The van der Waals surface area contributed by atoms with Crippen LogP contribution < -0.4 is 5.32 Å². The third kappa shape index (κ3) is 5.61. The van der Waals surface area contributed by atoms with E-state index in [1.165, 1.54) is 0 Å². The quantitative estimate of drug-likeness (QED) is 0.867. The van der Waals surface area contributed by atoms with Crippen LogP contribution in [0.4, 0.5) is 4.79 Å². The van der Waals surface area contributed by atoms with E-state index in [0.717, 1.165) is 5.56 Å². The zero-order valence-electron chi connectivity index (χ0n) is 12.2. The van der Waals surface area contributed by atoms with E-state index in [0.29, 0.717) is 17.7 Å². The molecule has 110 valence electrons. The van der Waals surface area contributed by atoms with Gasteiger partial charge in [0.1, 0.15) is 11.9 Å². The standard InChI is InChI=1S/C15H20ClNO3/c1-14(2,3)20-13(19)17-15(4,10-18)9-11-6-5-7-12(16)8-11/h5-8,10H,9H2,1-4H3,(H,17,19). The van der Waals surface area contributed by atoms with Gasteiger partial charge in [0.05, 0.1) is 5.54 Å². The maximum atomic E-state index is 11.8. The minimum Gasteiger partial charge on any atom is -0.444 e. The molecule has 4 nitrogen and oxygen atoms in total. The molecule has 0 aliphatic heterocycles. The highest BCUT2D eigenvalue weighted by molar-refractivity contribution is 6.30. The summed E-state index contributed by atoms with van der Waals surface area (Å²) in [6.45, 7) is 6.94. The number of ether oxygens (including phenoxy) is 1. The molecule has 1 N–H and O–H groups in total. The molecule has 1 atom stereocenters. The second-order valence-corrected chi connectivity index (χ2v) is 6.41. The Bertz CT molecular complexity index is 496. The number of carbonyl (C=O) groups is 2. The molecule has 0 radical (unpaired) electrons. The smallest absolute Gasteiger partial charge is 0.408 e. The van der Waals surface area contributed by atoms with E-state index in [4.69, 9.17) is 16.3 Å². The molecule has 0 aliphatic carbocycles. The molecule has 1 aromatic rings. The normalized spacial score (nSPS) is 14.2. The van der Waals surface area contributed by atoms with Gasteiger partial charge in [-0.05, 0) is 45.4 Å². The SMILES string of the molecule is CC(C=O)(Cc1cccc(Cl)c1)NC(=O)OC(C)(C)C. The molecule has 1 amide bonds. The van der Waals surface area contributed by atoms with Gasteiger partial charge < -0.3 is 14.8 Å². The Kier molecular flexibility index (Phi) is 5.17. The summed E-state index contributed by atoms with van der Waals surface area (Å²) in [7, 11) is 0. The van der Waals surface area contributed by atoms with Gasteiger partial charge in [0, 0.05) is 11.4 Å². The van der Waals surface area contributed by atoms with Crippen LogP contribution in [-0.2, 0) is 16.0 Å². The lowest BCUT2D eigenvalue weighted by molar-refractivity contribution is -0.112. The molecule has 0 fully saturated rings. The van der Waals surface area contributed by atoms with Gasteiger partial charge in [-0.15, -0.1) is 0 Å². The lowest BCUT2D eigenvalue weighted by Gasteiger charge is -2.27. The fourth-order valence-corrected chi connectivity index (χ4v) is 1.94. The van der Waals surface area contributed by atoms with Crippen molar-refractivity contribution in [3.05, 3.63) is 34.9 Å². The zero-order valence-corrected chi connectivity index (χ0v) is 13.0. The zero-order chi connectivity index (χ0) is 15.4. The minimum absolute atomic E-state index is 0.344.